The van der Waals surface area contributed by atoms with Gasteiger partial charge in [0.2, 0.25) is 0 Å². The van der Waals surface area contributed by atoms with Crippen molar-refractivity contribution in [3.63, 3.8) is 0 Å². The van der Waals surface area contributed by atoms with E-state index in [-0.39, 0.29) is 0 Å². The van der Waals surface area contributed by atoms with Gasteiger partial charge >= 0.3 is 0 Å². The molecule has 0 N–H and O–H groups in total. The van der Waals surface area contributed by atoms with E-state index < -0.39 is 0 Å². The summed E-state index contributed by atoms with van der Waals surface area (Å²) in [5.74, 6) is 8.53. The fraction of sp³-hybridized carbons (Fsp3) is 1.00. The van der Waals surface area contributed by atoms with Crippen molar-refractivity contribution in [2.45, 2.75) is 256 Å². The van der Waals surface area contributed by atoms with Crippen LogP contribution in [0.2, 0.25) is 0 Å². The van der Waals surface area contributed by atoms with Gasteiger partial charge in [-0.15, -0.1) is 0 Å². The summed E-state index contributed by atoms with van der Waals surface area (Å²) in [5, 5.41) is 0. The lowest BCUT2D eigenvalue weighted by Crippen LogP contribution is -2.23. The first-order valence-electron chi connectivity index (χ1n) is 23.3. The van der Waals surface area contributed by atoms with Crippen LogP contribution in [0.4, 0.5) is 0 Å². The van der Waals surface area contributed by atoms with Crippen LogP contribution in [0, 0.1) is 58.2 Å². The van der Waals surface area contributed by atoms with Gasteiger partial charge in [-0.3, -0.25) is 0 Å². The Morgan fingerprint density at radius 1 is 0.531 bits per heavy atom. The fourth-order valence-electron chi connectivity index (χ4n) is 8.93. The number of hydrogen-bond acceptors (Lipinski definition) is 0. The van der Waals surface area contributed by atoms with Crippen LogP contribution in [0.15, 0.2) is 0 Å². The van der Waals surface area contributed by atoms with Crippen molar-refractivity contribution < 1.29 is 0 Å². The second-order valence-electron chi connectivity index (χ2n) is 20.0. The largest absolute Gasteiger partial charge is 0.0654 e. The molecule has 0 aliphatic heterocycles. The topological polar surface area (TPSA) is 0 Å². The summed E-state index contributed by atoms with van der Waals surface area (Å²) >= 11 is 0. The zero-order valence-corrected chi connectivity index (χ0v) is 36.7. The van der Waals surface area contributed by atoms with E-state index in [1.807, 2.05) is 0 Å². The smallest absolute Gasteiger partial charge is 0.0328 e. The fourth-order valence-corrected chi connectivity index (χ4v) is 8.93. The van der Waals surface area contributed by atoms with Crippen molar-refractivity contribution in [3.05, 3.63) is 0 Å². The molecular weight excluding hydrogens is 589 g/mol. The molecule has 0 nitrogen and oxygen atoms in total. The minimum Gasteiger partial charge on any atom is -0.0654 e. The van der Waals surface area contributed by atoms with Crippen LogP contribution in [-0.4, -0.2) is 0 Å². The molecule has 0 amide bonds. The third-order valence-electron chi connectivity index (χ3n) is 14.8. The second-order valence-corrected chi connectivity index (χ2v) is 20.0. The SMILES string of the molecule is CC(C)C1CCC1.CC1(C)CCCC1.CCC1(C)CCC1.CCC1CC(C)C1.CCC1CCCC1.CCC1CC[C@@H]1C.CCCC1CCC1. The maximum Gasteiger partial charge on any atom is -0.0328 e. The monoisotopic (exact) mass is 687 g/mol. The quantitative estimate of drug-likeness (QED) is 0.250. The third kappa shape index (κ3) is 21.3. The summed E-state index contributed by atoms with van der Waals surface area (Å²) in [4.78, 5) is 0. The first-order valence-corrected chi connectivity index (χ1v) is 23.3. The first-order chi connectivity index (χ1) is 23.3. The molecule has 7 aliphatic carbocycles. The lowest BCUT2D eigenvalue weighted by molar-refractivity contribution is 0.155. The Morgan fingerprint density at radius 3 is 1.16 bits per heavy atom. The van der Waals surface area contributed by atoms with E-state index in [0.717, 1.165) is 52.8 Å². The molecule has 0 saturated heterocycles. The minimum absolute atomic E-state index is 0.694. The average molecular weight is 687 g/mol. The van der Waals surface area contributed by atoms with Crippen molar-refractivity contribution in [1.29, 1.82) is 0 Å². The van der Waals surface area contributed by atoms with Gasteiger partial charge in [0.05, 0.1) is 0 Å². The van der Waals surface area contributed by atoms with Gasteiger partial charge in [0.1, 0.15) is 0 Å². The molecule has 0 radical (unpaired) electrons. The normalized spacial score (nSPS) is 29.1. The van der Waals surface area contributed by atoms with Gasteiger partial charge in [-0.25, -0.2) is 0 Å². The van der Waals surface area contributed by atoms with E-state index in [2.05, 4.69) is 83.1 Å². The summed E-state index contributed by atoms with van der Waals surface area (Å²) in [6.07, 6.45) is 39.8. The standard InChI is InChI=1S/7C7H14/c1-7(2)5-3-4-6-7;1-6(2)7-4-3-5-7;1-3-7-4-6(2)5-7;1-3-7(2)5-4-6-7;1-3-7-5-4-6(7)2;1-2-7-5-3-4-6-7;1-2-4-7-5-3-6-7/h3-6H2,1-2H3;2*6-7H,3-5H2,1-2H3;3-6H2,1-2H3;6-7H,3-5H2,1-2H3;2*7H,2-6H2,1H3/t;;;;6-,7?;;/m....0../s1. The van der Waals surface area contributed by atoms with Crippen LogP contribution >= 0.6 is 0 Å². The Morgan fingerprint density at radius 2 is 1.06 bits per heavy atom. The predicted molar refractivity (Wildman–Crippen MR) is 226 cm³/mol. The Kier molecular flexibility index (Phi) is 25.6. The molecule has 7 fully saturated rings. The van der Waals surface area contributed by atoms with Crippen LogP contribution in [0.3, 0.4) is 0 Å². The summed E-state index contributed by atoms with van der Waals surface area (Å²) in [7, 11) is 0. The van der Waals surface area contributed by atoms with Crippen LogP contribution in [0.5, 0.6) is 0 Å². The zero-order valence-electron chi connectivity index (χ0n) is 36.7. The van der Waals surface area contributed by atoms with E-state index in [1.54, 1.807) is 0 Å². The highest BCUT2D eigenvalue weighted by atomic mass is 14.3. The molecule has 0 aromatic rings. The lowest BCUT2D eigenvalue weighted by Gasteiger charge is -2.37. The van der Waals surface area contributed by atoms with Crippen molar-refractivity contribution in [1.82, 2.24) is 0 Å². The molecule has 0 heteroatoms. The van der Waals surface area contributed by atoms with Gasteiger partial charge < -0.3 is 0 Å². The number of rotatable bonds is 7. The van der Waals surface area contributed by atoms with E-state index >= 15 is 0 Å². The first kappa shape index (κ1) is 47.0. The minimum atomic E-state index is 0.694. The van der Waals surface area contributed by atoms with Gasteiger partial charge in [0.25, 0.3) is 0 Å². The molecule has 1 unspecified atom stereocenters. The van der Waals surface area contributed by atoms with E-state index in [0.29, 0.717) is 5.41 Å². The van der Waals surface area contributed by atoms with Crippen molar-refractivity contribution >= 4 is 0 Å². The van der Waals surface area contributed by atoms with E-state index in [1.165, 1.54) is 173 Å². The Hall–Kier alpha value is 0. The maximum atomic E-state index is 2.39. The van der Waals surface area contributed by atoms with Crippen LogP contribution < -0.4 is 0 Å². The van der Waals surface area contributed by atoms with Crippen molar-refractivity contribution in [3.8, 4) is 0 Å². The maximum absolute atomic E-state index is 2.39. The molecule has 7 rings (SSSR count). The molecule has 2 atom stereocenters. The summed E-state index contributed by atoms with van der Waals surface area (Å²) in [6, 6.07) is 0. The van der Waals surface area contributed by atoms with Gasteiger partial charge in [0.15, 0.2) is 0 Å². The van der Waals surface area contributed by atoms with Gasteiger partial charge in [-0.1, -0.05) is 212 Å². The third-order valence-corrected chi connectivity index (χ3v) is 14.8. The molecular formula is C49H98. The highest BCUT2D eigenvalue weighted by Gasteiger charge is 2.29. The molecule has 0 aromatic carbocycles. The van der Waals surface area contributed by atoms with E-state index in [4.69, 9.17) is 0 Å². The molecule has 7 aliphatic rings. The number of hydrogen-bond donors (Lipinski definition) is 0. The van der Waals surface area contributed by atoms with Gasteiger partial charge in [-0.05, 0) is 103 Å². The molecule has 7 saturated carbocycles. The van der Waals surface area contributed by atoms with Crippen LogP contribution in [0.25, 0.3) is 0 Å². The molecule has 0 bridgehead atoms. The van der Waals surface area contributed by atoms with Gasteiger partial charge in [-0.2, -0.15) is 0 Å². The van der Waals surface area contributed by atoms with Crippen molar-refractivity contribution in [2.75, 3.05) is 0 Å². The second kappa shape index (κ2) is 26.7. The highest BCUT2D eigenvalue weighted by Crippen LogP contribution is 2.42. The molecule has 49 heavy (non-hydrogen) atoms. The predicted octanol–water partition coefficient (Wildman–Crippen LogP) is 17.7. The van der Waals surface area contributed by atoms with Crippen LogP contribution in [-0.2, 0) is 0 Å². The summed E-state index contributed by atoms with van der Waals surface area (Å²) in [5.41, 5.74) is 1.46. The summed E-state index contributed by atoms with van der Waals surface area (Å²) in [6.45, 7) is 27.9. The Bertz CT molecular complexity index is 691. The summed E-state index contributed by atoms with van der Waals surface area (Å²) < 4.78 is 0. The zero-order chi connectivity index (χ0) is 36.7. The Balaban J connectivity index is 0.000000286. The molecule has 0 spiro atoms. The lowest BCUT2D eigenvalue weighted by atomic mass is 9.69. The highest BCUT2D eigenvalue weighted by molar-refractivity contribution is 4.81. The van der Waals surface area contributed by atoms with Crippen molar-refractivity contribution in [2.24, 2.45) is 58.2 Å². The van der Waals surface area contributed by atoms with Gasteiger partial charge in [0, 0.05) is 0 Å². The Labute approximate surface area is 313 Å². The van der Waals surface area contributed by atoms with Crippen LogP contribution in [0.1, 0.15) is 256 Å². The average Bonchev–Trinajstić information content (AvgIpc) is 3.68. The molecule has 0 heterocycles. The van der Waals surface area contributed by atoms with E-state index in [9.17, 15) is 0 Å². The molecule has 294 valence electrons. The molecule has 0 aromatic heterocycles.